The van der Waals surface area contributed by atoms with Gasteiger partial charge in [0.15, 0.2) is 0 Å². The van der Waals surface area contributed by atoms with Crippen molar-refractivity contribution in [3.63, 3.8) is 0 Å². The number of nitrogens with one attached hydrogen (secondary N) is 2. The summed E-state index contributed by atoms with van der Waals surface area (Å²) in [6, 6.07) is 11.1. The highest BCUT2D eigenvalue weighted by atomic mass is 32.2. The van der Waals surface area contributed by atoms with Gasteiger partial charge in [-0.15, -0.1) is 0 Å². The Balaban J connectivity index is 1.10. The van der Waals surface area contributed by atoms with Crippen molar-refractivity contribution in [3.05, 3.63) is 42.5 Å². The molecule has 0 radical (unpaired) electrons. The van der Waals surface area contributed by atoms with Gasteiger partial charge in [-0.25, -0.2) is 21.6 Å². The van der Waals surface area contributed by atoms with Crippen LogP contribution in [0.1, 0.15) is 19.3 Å². The van der Waals surface area contributed by atoms with Crippen molar-refractivity contribution < 1.29 is 31.4 Å². The maximum atomic E-state index is 13.3. The van der Waals surface area contributed by atoms with E-state index in [2.05, 4.69) is 18.8 Å². The minimum absolute atomic E-state index is 0.0111. The van der Waals surface area contributed by atoms with Gasteiger partial charge in [-0.05, 0) is 50.6 Å². The van der Waals surface area contributed by atoms with Crippen LogP contribution in [-0.4, -0.2) is 92.6 Å². The van der Waals surface area contributed by atoms with E-state index in [9.17, 15) is 21.9 Å². The summed E-state index contributed by atoms with van der Waals surface area (Å²) < 4.78 is 74.4. The normalized spacial score (nSPS) is 20.9. The molecule has 2 saturated heterocycles. The zero-order valence-corrected chi connectivity index (χ0v) is 23.8. The highest BCUT2D eigenvalue weighted by Gasteiger charge is 2.45. The lowest BCUT2D eigenvalue weighted by Gasteiger charge is -2.38. The summed E-state index contributed by atoms with van der Waals surface area (Å²) in [7, 11) is -5.95. The molecule has 2 aliphatic rings. The molecular weight excluding hydrogens is 566 g/mol. The van der Waals surface area contributed by atoms with Crippen molar-refractivity contribution >= 4 is 42.8 Å². The van der Waals surface area contributed by atoms with Gasteiger partial charge in [0.25, 0.3) is 0 Å². The molecule has 2 aromatic carbocycles. The summed E-state index contributed by atoms with van der Waals surface area (Å²) >= 11 is 0.996. The van der Waals surface area contributed by atoms with Crippen LogP contribution in [0.3, 0.4) is 0 Å². The van der Waals surface area contributed by atoms with E-state index < -0.39 is 31.8 Å². The molecule has 1 aromatic heterocycles. The van der Waals surface area contributed by atoms with E-state index in [1.165, 1.54) is 23.5 Å². The first kappa shape index (κ1) is 28.3. The van der Waals surface area contributed by atoms with Gasteiger partial charge in [0.05, 0.1) is 28.8 Å². The average Bonchev–Trinajstić information content (AvgIpc) is 3.58. The van der Waals surface area contributed by atoms with E-state index in [0.29, 0.717) is 55.7 Å². The number of aliphatic hydroxyl groups is 1. The van der Waals surface area contributed by atoms with Crippen LogP contribution in [-0.2, 0) is 24.8 Å². The number of benzene rings is 2. The van der Waals surface area contributed by atoms with Gasteiger partial charge in [-0.2, -0.15) is 13.1 Å². The molecule has 2 atom stereocenters. The van der Waals surface area contributed by atoms with Gasteiger partial charge >= 0.3 is 0 Å². The molecule has 212 valence electrons. The molecule has 5 rings (SSSR count). The smallest absolute Gasteiger partial charge is 0.245 e. The third-order valence-corrected chi connectivity index (χ3v) is 11.1. The van der Waals surface area contributed by atoms with Gasteiger partial charge in [0.1, 0.15) is 34.4 Å². The minimum atomic E-state index is -3.70. The summed E-state index contributed by atoms with van der Waals surface area (Å²) in [4.78, 5) is 0.266. The van der Waals surface area contributed by atoms with Gasteiger partial charge < -0.3 is 19.9 Å². The second kappa shape index (κ2) is 11.3. The van der Waals surface area contributed by atoms with E-state index >= 15 is 0 Å². The Morgan fingerprint density at radius 2 is 1.95 bits per heavy atom. The van der Waals surface area contributed by atoms with Gasteiger partial charge in [-0.3, -0.25) is 0 Å². The maximum absolute atomic E-state index is 13.3. The Labute approximate surface area is 231 Å². The Morgan fingerprint density at radius 1 is 1.18 bits per heavy atom. The molecule has 2 fully saturated rings. The summed E-state index contributed by atoms with van der Waals surface area (Å²) in [5.41, 5.74) is 0.575. The highest BCUT2D eigenvalue weighted by Crippen LogP contribution is 2.38. The molecule has 0 bridgehead atoms. The minimum Gasteiger partial charge on any atom is -0.491 e. The molecule has 3 aromatic rings. The Bertz CT molecular complexity index is 1520. The van der Waals surface area contributed by atoms with Crippen molar-refractivity contribution in [2.24, 2.45) is 0 Å². The number of rotatable bonds is 10. The van der Waals surface area contributed by atoms with Crippen molar-refractivity contribution in [1.82, 2.24) is 23.1 Å². The van der Waals surface area contributed by atoms with Crippen molar-refractivity contribution in [3.8, 4) is 5.75 Å². The number of nitrogens with zero attached hydrogens (tertiary/aromatic N) is 3. The number of aromatic nitrogens is 2. The summed E-state index contributed by atoms with van der Waals surface area (Å²) in [5, 5.41) is 13.7. The number of sulfonamides is 2. The largest absolute Gasteiger partial charge is 0.491 e. The van der Waals surface area contributed by atoms with Crippen LogP contribution in [0.4, 0.5) is 0 Å². The van der Waals surface area contributed by atoms with Crippen LogP contribution >= 0.6 is 11.7 Å². The zero-order chi connectivity index (χ0) is 27.7. The van der Waals surface area contributed by atoms with Crippen LogP contribution in [0, 0.1) is 0 Å². The second-order valence-corrected chi connectivity index (χ2v) is 14.1. The topological polar surface area (TPSA) is 160 Å². The van der Waals surface area contributed by atoms with E-state index in [4.69, 9.17) is 9.47 Å². The van der Waals surface area contributed by atoms with Crippen molar-refractivity contribution in [1.29, 1.82) is 0 Å². The van der Waals surface area contributed by atoms with Crippen LogP contribution in [0.25, 0.3) is 11.0 Å². The van der Waals surface area contributed by atoms with E-state index in [0.717, 1.165) is 11.7 Å². The van der Waals surface area contributed by atoms with Crippen LogP contribution < -0.4 is 14.8 Å². The summed E-state index contributed by atoms with van der Waals surface area (Å²) in [5.74, 6) is 0.345. The lowest BCUT2D eigenvalue weighted by molar-refractivity contribution is -0.0312. The molecule has 1 unspecified atom stereocenters. The van der Waals surface area contributed by atoms with Crippen molar-refractivity contribution in [2.45, 2.75) is 46.8 Å². The fraction of sp³-hybridized carbons (Fsp3) is 0.500. The molecule has 0 aliphatic carbocycles. The molecule has 12 nitrogen and oxygen atoms in total. The lowest BCUT2D eigenvalue weighted by Crippen LogP contribution is -2.47. The molecule has 0 saturated carbocycles. The monoisotopic (exact) mass is 597 g/mol. The van der Waals surface area contributed by atoms with Gasteiger partial charge in [0.2, 0.25) is 20.0 Å². The average molecular weight is 598 g/mol. The number of ether oxygens (including phenoxy) is 2. The Morgan fingerprint density at radius 3 is 2.72 bits per heavy atom. The lowest BCUT2D eigenvalue weighted by atomic mass is 9.88. The predicted octanol–water partition coefficient (Wildman–Crippen LogP) is 0.941. The third-order valence-electron chi connectivity index (χ3n) is 7.18. The zero-order valence-electron chi connectivity index (χ0n) is 21.3. The molecule has 15 heteroatoms. The fourth-order valence-corrected chi connectivity index (χ4v) is 7.95. The predicted molar refractivity (Wildman–Crippen MR) is 145 cm³/mol. The van der Waals surface area contributed by atoms with Crippen LogP contribution in [0.5, 0.6) is 5.75 Å². The molecule has 1 spiro atoms. The molecular formula is C24H31N5O7S3. The molecule has 3 heterocycles. The number of hydrogen-bond acceptors (Lipinski definition) is 11. The Kier molecular flexibility index (Phi) is 8.22. The highest BCUT2D eigenvalue weighted by molar-refractivity contribution is 7.89. The molecule has 3 N–H and O–H groups in total. The standard InChI is InChI=1S/C24H31N5O7S3/c1-25-38(31,32)20-5-2-4-19(12-20)35-16-18(30)14-26-17-13-24(36-15-17)8-10-29(11-9-24)39(33,34)22-7-3-6-21-23(22)28-37-27-21/h2-7,12,17-18,25-26,30H,8-11,13-16H2,1H3/t17-,18?/m0/s1. The second-order valence-electron chi connectivity index (χ2n) is 9.74. The fourth-order valence-electron chi connectivity index (χ4n) is 4.99. The van der Waals surface area contributed by atoms with Crippen LogP contribution in [0.2, 0.25) is 0 Å². The number of hydrogen-bond donors (Lipinski definition) is 3. The maximum Gasteiger partial charge on any atom is 0.245 e. The first-order valence-electron chi connectivity index (χ1n) is 12.6. The number of aliphatic hydroxyl groups excluding tert-OH is 1. The van der Waals surface area contributed by atoms with E-state index in [1.54, 1.807) is 30.3 Å². The Hall–Kier alpha value is -2.24. The number of fused-ring (bicyclic) bond motifs is 1. The SMILES string of the molecule is CNS(=O)(=O)c1cccc(OCC(O)CN[C@@H]2COC3(CCN(S(=O)(=O)c4cccc5nsnc45)CC3)C2)c1. The summed E-state index contributed by atoms with van der Waals surface area (Å²) in [6.07, 6.45) is 1.05. The molecule has 39 heavy (non-hydrogen) atoms. The van der Waals surface area contributed by atoms with Crippen molar-refractivity contribution in [2.75, 3.05) is 39.9 Å². The first-order valence-corrected chi connectivity index (χ1v) is 16.2. The summed E-state index contributed by atoms with van der Waals surface area (Å²) in [6.45, 7) is 1.42. The van der Waals surface area contributed by atoms with Gasteiger partial charge in [-0.1, -0.05) is 12.1 Å². The quantitative estimate of drug-likeness (QED) is 0.307. The third kappa shape index (κ3) is 6.10. The number of piperidine rings is 1. The van der Waals surface area contributed by atoms with E-state index in [1.807, 2.05) is 0 Å². The first-order chi connectivity index (χ1) is 18.6. The molecule has 2 aliphatic heterocycles. The van der Waals surface area contributed by atoms with Crippen LogP contribution in [0.15, 0.2) is 52.3 Å². The van der Waals surface area contributed by atoms with E-state index in [-0.39, 0.29) is 29.0 Å². The molecule has 0 amide bonds. The van der Waals surface area contributed by atoms with Gasteiger partial charge in [0, 0.05) is 31.7 Å².